The Morgan fingerprint density at radius 2 is 1.95 bits per heavy atom. The molecule has 118 valence electrons. The van der Waals surface area contributed by atoms with Gasteiger partial charge in [0.15, 0.2) is 0 Å². The second-order valence-electron chi connectivity index (χ2n) is 7.39. The van der Waals surface area contributed by atoms with Crippen LogP contribution in [0.1, 0.15) is 58.4 Å². The Hall–Kier alpha value is -0.410. The van der Waals surface area contributed by atoms with E-state index in [0.717, 1.165) is 35.2 Å². The highest BCUT2D eigenvalue weighted by Crippen LogP contribution is 2.43. The van der Waals surface area contributed by atoms with Crippen molar-refractivity contribution in [3.05, 3.63) is 34.1 Å². The highest BCUT2D eigenvalue weighted by molar-refractivity contribution is 9.10. The molecule has 0 radical (unpaired) electrons. The van der Waals surface area contributed by atoms with E-state index in [1.54, 1.807) is 12.1 Å². The molecule has 0 bridgehead atoms. The smallest absolute Gasteiger partial charge is 0.123 e. The molecule has 1 aliphatic carbocycles. The summed E-state index contributed by atoms with van der Waals surface area (Å²) in [5.41, 5.74) is 7.82. The minimum Gasteiger partial charge on any atom is -0.325 e. The lowest BCUT2D eigenvalue weighted by Gasteiger charge is -2.43. The maximum absolute atomic E-state index is 13.4. The molecule has 21 heavy (non-hydrogen) atoms. The first-order valence-corrected chi connectivity index (χ1v) is 8.78. The van der Waals surface area contributed by atoms with Gasteiger partial charge in [-0.05, 0) is 67.2 Å². The van der Waals surface area contributed by atoms with Crippen LogP contribution < -0.4 is 5.73 Å². The third-order valence-electron chi connectivity index (χ3n) is 5.55. The van der Waals surface area contributed by atoms with E-state index < -0.39 is 0 Å². The number of hydrogen-bond acceptors (Lipinski definition) is 1. The van der Waals surface area contributed by atoms with Crippen molar-refractivity contribution in [1.82, 2.24) is 0 Å². The Bertz CT molecular complexity index is 490. The average Bonchev–Trinajstić information content (AvgIpc) is 2.43. The maximum Gasteiger partial charge on any atom is 0.123 e. The number of rotatable bonds is 4. The molecule has 0 unspecified atom stereocenters. The number of hydrogen-bond donors (Lipinski definition) is 1. The van der Waals surface area contributed by atoms with Crippen LogP contribution in [0.2, 0.25) is 0 Å². The first kappa shape index (κ1) is 17.0. The van der Waals surface area contributed by atoms with Crippen LogP contribution >= 0.6 is 15.9 Å². The molecule has 1 fully saturated rings. The van der Waals surface area contributed by atoms with Crippen molar-refractivity contribution in [2.24, 2.45) is 17.1 Å². The van der Waals surface area contributed by atoms with Crippen LogP contribution in [-0.4, -0.2) is 5.54 Å². The summed E-state index contributed by atoms with van der Waals surface area (Å²) < 4.78 is 14.4. The van der Waals surface area contributed by atoms with Gasteiger partial charge in [0.1, 0.15) is 5.82 Å². The van der Waals surface area contributed by atoms with Gasteiger partial charge >= 0.3 is 0 Å². The Balaban J connectivity index is 2.04. The average molecular weight is 356 g/mol. The standard InChI is InChI=1S/C18H27BrFN/c1-4-17(2,3)14-7-9-18(21,10-8-14)12-13-11-15(20)5-6-16(13)19/h5-6,11,14H,4,7-10,12,21H2,1-3H3. The molecule has 1 aromatic rings. The van der Waals surface area contributed by atoms with Gasteiger partial charge in [0.2, 0.25) is 0 Å². The van der Waals surface area contributed by atoms with E-state index in [1.807, 2.05) is 0 Å². The van der Waals surface area contributed by atoms with Crippen LogP contribution in [-0.2, 0) is 6.42 Å². The molecule has 2 N–H and O–H groups in total. The predicted octanol–water partition coefficient (Wildman–Crippen LogP) is 5.45. The quantitative estimate of drug-likeness (QED) is 0.762. The van der Waals surface area contributed by atoms with E-state index in [9.17, 15) is 4.39 Å². The van der Waals surface area contributed by atoms with E-state index in [2.05, 4.69) is 36.7 Å². The molecule has 0 aromatic heterocycles. The summed E-state index contributed by atoms with van der Waals surface area (Å²) in [4.78, 5) is 0. The fourth-order valence-corrected chi connectivity index (χ4v) is 3.88. The molecule has 3 heteroatoms. The molecule has 0 amide bonds. The minimum absolute atomic E-state index is 0.183. The van der Waals surface area contributed by atoms with E-state index in [1.165, 1.54) is 25.3 Å². The van der Waals surface area contributed by atoms with Crippen molar-refractivity contribution in [1.29, 1.82) is 0 Å². The fourth-order valence-electron chi connectivity index (χ4n) is 3.50. The largest absolute Gasteiger partial charge is 0.325 e. The first-order valence-electron chi connectivity index (χ1n) is 7.98. The highest BCUT2D eigenvalue weighted by Gasteiger charge is 2.37. The van der Waals surface area contributed by atoms with Crippen molar-refractivity contribution >= 4 is 15.9 Å². The zero-order valence-corrected chi connectivity index (χ0v) is 15.0. The van der Waals surface area contributed by atoms with E-state index >= 15 is 0 Å². The third kappa shape index (κ3) is 4.07. The maximum atomic E-state index is 13.4. The van der Waals surface area contributed by atoms with Gasteiger partial charge in [-0.1, -0.05) is 43.1 Å². The SMILES string of the molecule is CCC(C)(C)C1CCC(N)(Cc2cc(F)ccc2Br)CC1. The van der Waals surface area contributed by atoms with Gasteiger partial charge in [0.05, 0.1) is 0 Å². The topological polar surface area (TPSA) is 26.0 Å². The third-order valence-corrected chi connectivity index (χ3v) is 6.32. The van der Waals surface area contributed by atoms with E-state index in [4.69, 9.17) is 5.73 Å². The van der Waals surface area contributed by atoms with Crippen LogP contribution in [0, 0.1) is 17.2 Å². The fraction of sp³-hybridized carbons (Fsp3) is 0.667. The van der Waals surface area contributed by atoms with Crippen molar-refractivity contribution in [3.8, 4) is 0 Å². The van der Waals surface area contributed by atoms with Crippen LogP contribution in [0.3, 0.4) is 0 Å². The molecule has 0 heterocycles. The molecular weight excluding hydrogens is 329 g/mol. The highest BCUT2D eigenvalue weighted by atomic mass is 79.9. The lowest BCUT2D eigenvalue weighted by molar-refractivity contribution is 0.115. The summed E-state index contributed by atoms with van der Waals surface area (Å²) in [7, 11) is 0. The van der Waals surface area contributed by atoms with Crippen LogP contribution in [0.4, 0.5) is 4.39 Å². The molecule has 1 aliphatic rings. The summed E-state index contributed by atoms with van der Waals surface area (Å²) in [6.45, 7) is 7.00. The monoisotopic (exact) mass is 355 g/mol. The van der Waals surface area contributed by atoms with Gasteiger partial charge in [0, 0.05) is 10.0 Å². The Morgan fingerprint density at radius 3 is 2.52 bits per heavy atom. The van der Waals surface area contributed by atoms with Gasteiger partial charge in [-0.3, -0.25) is 0 Å². The number of nitrogens with two attached hydrogens (primary N) is 1. The van der Waals surface area contributed by atoms with E-state index in [-0.39, 0.29) is 11.4 Å². The molecule has 0 spiro atoms. The number of halogens is 2. The molecule has 0 atom stereocenters. The summed E-state index contributed by atoms with van der Waals surface area (Å²) >= 11 is 3.51. The Morgan fingerprint density at radius 1 is 1.33 bits per heavy atom. The van der Waals surface area contributed by atoms with Crippen molar-refractivity contribution in [2.45, 2.75) is 64.8 Å². The molecule has 0 saturated heterocycles. The Kier molecular flexibility index (Phi) is 5.15. The summed E-state index contributed by atoms with van der Waals surface area (Å²) in [6, 6.07) is 4.87. The molecule has 0 aliphatic heterocycles. The zero-order valence-electron chi connectivity index (χ0n) is 13.4. The zero-order chi connectivity index (χ0) is 15.7. The van der Waals surface area contributed by atoms with Crippen molar-refractivity contribution in [2.75, 3.05) is 0 Å². The van der Waals surface area contributed by atoms with Gasteiger partial charge in [-0.15, -0.1) is 0 Å². The van der Waals surface area contributed by atoms with E-state index in [0.29, 0.717) is 5.41 Å². The molecule has 2 rings (SSSR count). The van der Waals surface area contributed by atoms with Crippen molar-refractivity contribution < 1.29 is 4.39 Å². The Labute approximate surface area is 136 Å². The van der Waals surface area contributed by atoms with Gasteiger partial charge < -0.3 is 5.73 Å². The normalized spacial score (nSPS) is 26.9. The first-order chi connectivity index (χ1) is 9.76. The van der Waals surface area contributed by atoms with Gasteiger partial charge in [-0.2, -0.15) is 0 Å². The van der Waals surface area contributed by atoms with Crippen LogP contribution in [0.5, 0.6) is 0 Å². The molecule has 1 aromatic carbocycles. The summed E-state index contributed by atoms with van der Waals surface area (Å²) in [6.07, 6.45) is 6.40. The second kappa shape index (κ2) is 6.37. The van der Waals surface area contributed by atoms with Crippen LogP contribution in [0.25, 0.3) is 0 Å². The lowest BCUT2D eigenvalue weighted by Crippen LogP contribution is -2.47. The minimum atomic E-state index is -0.184. The lowest BCUT2D eigenvalue weighted by atomic mass is 9.65. The van der Waals surface area contributed by atoms with Crippen LogP contribution in [0.15, 0.2) is 22.7 Å². The number of benzene rings is 1. The van der Waals surface area contributed by atoms with Gasteiger partial charge in [0.25, 0.3) is 0 Å². The molecule has 1 saturated carbocycles. The summed E-state index contributed by atoms with van der Waals surface area (Å²) in [5.74, 6) is 0.577. The van der Waals surface area contributed by atoms with Gasteiger partial charge in [-0.25, -0.2) is 4.39 Å². The molecular formula is C18H27BrFN. The molecule has 1 nitrogen and oxygen atoms in total. The second-order valence-corrected chi connectivity index (χ2v) is 8.25. The predicted molar refractivity (Wildman–Crippen MR) is 90.8 cm³/mol. The van der Waals surface area contributed by atoms with Crippen molar-refractivity contribution in [3.63, 3.8) is 0 Å². The summed E-state index contributed by atoms with van der Waals surface area (Å²) in [5, 5.41) is 0.